The lowest BCUT2D eigenvalue weighted by molar-refractivity contribution is -0.141. The molecule has 5 unspecified atom stereocenters. The van der Waals surface area contributed by atoms with E-state index in [0.717, 1.165) is 29.5 Å². The zero-order chi connectivity index (χ0) is 40.8. The number of ether oxygens (including phenoxy) is 3. The number of aromatic nitrogens is 1. The molecule has 4 aliphatic rings. The summed E-state index contributed by atoms with van der Waals surface area (Å²) in [5, 5.41) is 6.43. The van der Waals surface area contributed by atoms with Crippen molar-refractivity contribution in [3.63, 3.8) is 0 Å². The molecule has 0 spiro atoms. The molecule has 2 aromatic rings. The minimum Gasteiger partial charge on any atom is -0.496 e. The number of pyridine rings is 1. The summed E-state index contributed by atoms with van der Waals surface area (Å²) in [6.45, 7) is 12.8. The van der Waals surface area contributed by atoms with E-state index in [0.29, 0.717) is 49.1 Å². The van der Waals surface area contributed by atoms with Crippen molar-refractivity contribution >= 4 is 44.7 Å². The van der Waals surface area contributed by atoms with Crippen LogP contribution in [0.1, 0.15) is 117 Å². The number of fused-ring (bicyclic) bond motifs is 3. The Kier molecular flexibility index (Phi) is 11.4. The minimum atomic E-state index is -3.99. The molecular weight excluding hydrogens is 739 g/mol. The second-order valence-electron chi connectivity index (χ2n) is 17.4. The number of carbonyl (C=O) groups is 4. The highest BCUT2D eigenvalue weighted by molar-refractivity contribution is 7.91. The van der Waals surface area contributed by atoms with Crippen LogP contribution in [0, 0.1) is 12.8 Å². The fourth-order valence-corrected chi connectivity index (χ4v) is 8.90. The van der Waals surface area contributed by atoms with Gasteiger partial charge in [-0.15, -0.1) is 0 Å². The number of hydrogen-bond donors (Lipinski definition) is 3. The first-order valence-electron chi connectivity index (χ1n) is 19.8. The maximum atomic E-state index is 14.6. The maximum Gasteiger partial charge on any atom is 0.408 e. The lowest BCUT2D eigenvalue weighted by Crippen LogP contribution is -2.58. The van der Waals surface area contributed by atoms with E-state index >= 15 is 0 Å². The van der Waals surface area contributed by atoms with Gasteiger partial charge in [-0.3, -0.25) is 24.1 Å². The third kappa shape index (κ3) is 8.62. The number of allylic oxidation sites excluding steroid dienone is 1. The van der Waals surface area contributed by atoms with Gasteiger partial charge in [0.2, 0.25) is 21.8 Å². The molecule has 2 aliphatic heterocycles. The van der Waals surface area contributed by atoms with E-state index in [1.54, 1.807) is 34.8 Å². The van der Waals surface area contributed by atoms with Crippen molar-refractivity contribution in [2.75, 3.05) is 13.7 Å². The number of benzene rings is 1. The van der Waals surface area contributed by atoms with Gasteiger partial charge in [0.05, 0.1) is 23.9 Å². The summed E-state index contributed by atoms with van der Waals surface area (Å²) in [6, 6.07) is 3.50. The maximum absolute atomic E-state index is 14.6. The molecule has 5 atom stereocenters. The van der Waals surface area contributed by atoms with Gasteiger partial charge >= 0.3 is 6.09 Å². The Morgan fingerprint density at radius 3 is 2.48 bits per heavy atom. The first-order valence-corrected chi connectivity index (χ1v) is 21.3. The predicted octanol–water partition coefficient (Wildman–Crippen LogP) is 5.31. The number of carbonyl (C=O) groups excluding carboxylic acids is 4. The van der Waals surface area contributed by atoms with Crippen LogP contribution in [0.25, 0.3) is 10.9 Å². The van der Waals surface area contributed by atoms with Crippen LogP contribution in [0.5, 0.6) is 11.5 Å². The highest BCUT2D eigenvalue weighted by Gasteiger charge is 2.63. The van der Waals surface area contributed by atoms with E-state index in [9.17, 15) is 27.6 Å². The number of rotatable bonds is 8. The van der Waals surface area contributed by atoms with E-state index in [4.69, 9.17) is 19.2 Å². The van der Waals surface area contributed by atoms with Crippen LogP contribution in [0.2, 0.25) is 0 Å². The Morgan fingerprint density at radius 1 is 1.09 bits per heavy atom. The lowest BCUT2D eigenvalue weighted by Gasteiger charge is -2.30. The van der Waals surface area contributed by atoms with Gasteiger partial charge in [-0.05, 0) is 91.2 Å². The molecule has 15 heteroatoms. The highest BCUT2D eigenvalue weighted by Crippen LogP contribution is 2.47. The van der Waals surface area contributed by atoms with Crippen molar-refractivity contribution in [2.45, 2.75) is 146 Å². The molecule has 1 saturated heterocycles. The van der Waals surface area contributed by atoms with Crippen molar-refractivity contribution in [3.05, 3.63) is 41.6 Å². The molecule has 56 heavy (non-hydrogen) atoms. The molecule has 1 aromatic carbocycles. The summed E-state index contributed by atoms with van der Waals surface area (Å²) in [4.78, 5) is 62.5. The summed E-state index contributed by atoms with van der Waals surface area (Å²) in [6.07, 6.45) is 6.77. The van der Waals surface area contributed by atoms with Gasteiger partial charge in [0.15, 0.2) is 0 Å². The summed E-state index contributed by atoms with van der Waals surface area (Å²) in [5.74, 6) is -1.03. The number of sulfonamides is 1. The quantitative estimate of drug-likeness (QED) is 0.296. The van der Waals surface area contributed by atoms with Crippen LogP contribution < -0.4 is 24.8 Å². The first kappa shape index (κ1) is 41.2. The van der Waals surface area contributed by atoms with Gasteiger partial charge in [-0.25, -0.2) is 13.2 Å². The van der Waals surface area contributed by atoms with Crippen LogP contribution in [0.3, 0.4) is 0 Å². The average Bonchev–Trinajstić information content (AvgIpc) is 3.99. The smallest absolute Gasteiger partial charge is 0.408 e. The minimum absolute atomic E-state index is 0.00858. The highest BCUT2D eigenvalue weighted by atomic mass is 32.2. The Bertz CT molecular complexity index is 2020. The van der Waals surface area contributed by atoms with Crippen LogP contribution in [-0.2, 0) is 29.1 Å². The number of nitrogens with one attached hydrogen (secondary N) is 3. The number of hydrogen-bond acceptors (Lipinski definition) is 10. The average molecular weight is 796 g/mol. The number of methoxy groups -OCH3 is 1. The monoisotopic (exact) mass is 795 g/mol. The van der Waals surface area contributed by atoms with Crippen molar-refractivity contribution in [2.24, 2.45) is 5.92 Å². The van der Waals surface area contributed by atoms with Crippen molar-refractivity contribution in [1.29, 1.82) is 0 Å². The van der Waals surface area contributed by atoms with Gasteiger partial charge < -0.3 is 29.7 Å². The van der Waals surface area contributed by atoms with Crippen LogP contribution in [0.4, 0.5) is 4.79 Å². The Hall–Kier alpha value is -4.40. The third-order valence-electron chi connectivity index (χ3n) is 11.4. The van der Waals surface area contributed by atoms with Crippen LogP contribution >= 0.6 is 0 Å². The molecule has 1 aromatic heterocycles. The SMILES string of the molecule is COc1ccc2c(OC3CC4C(=O)NC5(C(=O)NS(=O)(=O)C6(C)CC6)CC5C=CCCCCCC(NC(=O)OC(C)(C)C)C(=O)N4C3)cc(C(C)C)nc2c1C. The first-order chi connectivity index (χ1) is 26.3. The number of nitrogens with zero attached hydrogens (tertiary/aromatic N) is 2. The molecule has 2 saturated carbocycles. The number of alkyl carbamates (subject to hydrolysis) is 1. The van der Waals surface area contributed by atoms with E-state index in [1.807, 2.05) is 51.1 Å². The predicted molar refractivity (Wildman–Crippen MR) is 211 cm³/mol. The molecule has 6 rings (SSSR count). The zero-order valence-corrected chi connectivity index (χ0v) is 34.6. The molecule has 3 heterocycles. The van der Waals surface area contributed by atoms with Crippen molar-refractivity contribution in [1.82, 2.24) is 25.2 Å². The molecule has 0 bridgehead atoms. The van der Waals surface area contributed by atoms with Crippen molar-refractivity contribution < 1.29 is 41.8 Å². The molecule has 14 nitrogen and oxygen atoms in total. The normalized spacial score (nSPS) is 26.6. The zero-order valence-electron chi connectivity index (χ0n) is 33.8. The second kappa shape index (κ2) is 15.5. The Labute approximate surface area is 329 Å². The molecule has 3 N–H and O–H groups in total. The number of amides is 4. The van der Waals surface area contributed by atoms with E-state index in [1.165, 1.54) is 4.90 Å². The Balaban J connectivity index is 1.35. The summed E-state index contributed by atoms with van der Waals surface area (Å²) in [7, 11) is -2.39. The van der Waals surface area contributed by atoms with E-state index in [-0.39, 0.29) is 25.3 Å². The van der Waals surface area contributed by atoms with E-state index < -0.39 is 73.8 Å². The Morgan fingerprint density at radius 2 is 1.82 bits per heavy atom. The van der Waals surface area contributed by atoms with Gasteiger partial charge in [0.25, 0.3) is 5.91 Å². The number of aryl methyl sites for hydroxylation is 1. The summed E-state index contributed by atoms with van der Waals surface area (Å²) < 4.78 is 45.4. The topological polar surface area (TPSA) is 182 Å². The molecular formula is C41H57N5O9S. The fraction of sp³-hybridized carbons (Fsp3) is 0.634. The van der Waals surface area contributed by atoms with Crippen LogP contribution in [0.15, 0.2) is 30.4 Å². The fourth-order valence-electron chi connectivity index (χ4n) is 7.59. The van der Waals surface area contributed by atoms with E-state index in [2.05, 4.69) is 15.4 Å². The molecule has 2 aliphatic carbocycles. The standard InChI is InChI=1S/C41H57N5O9S/c1-24(2)30-21-33(28-16-17-32(53-8)25(3)34(28)42-30)54-27-20-31-35(47)44-41(37(49)45-56(51,52)40(7)18-19-40)22-26(41)14-12-10-9-11-13-15-29(36(48)46(31)23-27)43-38(50)55-39(4,5)6/h12,14,16-17,21,24,26-27,29,31H,9-11,13,15,18-20,22-23H2,1-8H3,(H,43,50)(H,44,47)(H,45,49). The third-order valence-corrected chi connectivity index (χ3v) is 13.6. The van der Waals surface area contributed by atoms with Crippen molar-refractivity contribution in [3.8, 4) is 11.5 Å². The lowest BCUT2D eigenvalue weighted by atomic mass is 10.0. The molecule has 4 amide bonds. The van der Waals surface area contributed by atoms with Gasteiger partial charge in [0.1, 0.15) is 40.8 Å². The van der Waals surface area contributed by atoms with Gasteiger partial charge in [-0.1, -0.05) is 38.8 Å². The molecule has 0 radical (unpaired) electrons. The summed E-state index contributed by atoms with van der Waals surface area (Å²) >= 11 is 0. The molecule has 306 valence electrons. The second-order valence-corrected chi connectivity index (χ2v) is 19.6. The van der Waals surface area contributed by atoms with Crippen LogP contribution in [-0.4, -0.2) is 89.8 Å². The van der Waals surface area contributed by atoms with Gasteiger partial charge in [0, 0.05) is 35.0 Å². The van der Waals surface area contributed by atoms with Gasteiger partial charge in [-0.2, -0.15) is 0 Å². The summed E-state index contributed by atoms with van der Waals surface area (Å²) in [5.41, 5.74) is 0.0283. The largest absolute Gasteiger partial charge is 0.496 e. The molecule has 3 fully saturated rings.